The van der Waals surface area contributed by atoms with Gasteiger partial charge >= 0.3 is 11.9 Å². The van der Waals surface area contributed by atoms with Crippen molar-refractivity contribution in [1.82, 2.24) is 0 Å². The van der Waals surface area contributed by atoms with Crippen LogP contribution in [0.5, 0.6) is 0 Å². The van der Waals surface area contributed by atoms with Crippen LogP contribution in [-0.4, -0.2) is 17.0 Å². The first-order valence-electron chi connectivity index (χ1n) is 5.75. The lowest BCUT2D eigenvalue weighted by molar-refractivity contribution is -0.158. The number of aliphatic carboxylic acids is 1. The smallest absolute Gasteiger partial charge is 0.320 e. The monoisotopic (exact) mass is 212 g/mol. The zero-order valence-electron chi connectivity index (χ0n) is 10.8. The summed E-state index contributed by atoms with van der Waals surface area (Å²) in [5.74, 6) is -5.12. The average molecular weight is 212 g/mol. The minimum atomic E-state index is -2.92. The number of hydrogen-bond acceptors (Lipinski definition) is 3. The first kappa shape index (κ1) is 7.45. The van der Waals surface area contributed by atoms with Crippen molar-refractivity contribution in [3.63, 3.8) is 0 Å². The summed E-state index contributed by atoms with van der Waals surface area (Å²) in [5.41, 5.74) is 0.653. The predicted molar refractivity (Wildman–Crippen MR) is 53.0 cm³/mol. The lowest BCUT2D eigenvalue weighted by atomic mass is 10.2. The molecule has 15 heavy (non-hydrogen) atoms. The molecule has 0 saturated carbocycles. The Morgan fingerprint density at radius 2 is 2.13 bits per heavy atom. The van der Waals surface area contributed by atoms with Crippen molar-refractivity contribution in [3.8, 4) is 0 Å². The Morgan fingerprint density at radius 3 is 2.67 bits per heavy atom. The van der Waals surface area contributed by atoms with Crippen LogP contribution in [0.15, 0.2) is 30.3 Å². The minimum absolute atomic E-state index is 0.153. The molecule has 0 spiro atoms. The molecule has 0 aromatic heterocycles. The van der Waals surface area contributed by atoms with Gasteiger partial charge in [0, 0.05) is 4.11 Å². The molecule has 80 valence electrons. The molecule has 0 aliphatic carbocycles. The van der Waals surface area contributed by atoms with Gasteiger partial charge in [0.2, 0.25) is 0 Å². The summed E-state index contributed by atoms with van der Waals surface area (Å²) in [4.78, 5) is 22.2. The van der Waals surface area contributed by atoms with Crippen molar-refractivity contribution >= 4 is 11.9 Å². The molecule has 0 aliphatic rings. The van der Waals surface area contributed by atoms with Gasteiger partial charge in [0.05, 0.1) is 0 Å². The number of carboxylic acids is 1. The van der Waals surface area contributed by atoms with E-state index in [1.165, 1.54) is 0 Å². The van der Waals surface area contributed by atoms with Gasteiger partial charge in [-0.25, -0.2) is 0 Å². The van der Waals surface area contributed by atoms with E-state index in [0.717, 1.165) is 0 Å². The van der Waals surface area contributed by atoms with Gasteiger partial charge in [-0.15, -0.1) is 0 Å². The van der Waals surface area contributed by atoms with E-state index in [9.17, 15) is 9.59 Å². The third-order valence-corrected chi connectivity index (χ3v) is 1.71. The molecule has 4 heteroatoms. The third kappa shape index (κ3) is 3.42. The van der Waals surface area contributed by atoms with Crippen LogP contribution in [-0.2, 0) is 20.9 Å². The standard InChI is InChI=1S/C11H12O4/c1-8(10(12)13)11(14)15-7-9-5-3-2-4-6-9/h2-6,8H,7H2,1H3,(H,12,13)/i1+1D3. The molecular weight excluding hydrogens is 197 g/mol. The average Bonchev–Trinajstić information content (AvgIpc) is 2.25. The Kier molecular flexibility index (Phi) is 2.55. The van der Waals surface area contributed by atoms with Crippen LogP contribution < -0.4 is 0 Å². The van der Waals surface area contributed by atoms with E-state index in [1.807, 2.05) is 0 Å². The van der Waals surface area contributed by atoms with E-state index in [-0.39, 0.29) is 6.61 Å². The van der Waals surface area contributed by atoms with Crippen LogP contribution in [0.2, 0.25) is 0 Å². The normalized spacial score (nSPS) is 15.6. The van der Waals surface area contributed by atoms with Crippen LogP contribution >= 0.6 is 0 Å². The predicted octanol–water partition coefficient (Wildman–Crippen LogP) is 1.45. The van der Waals surface area contributed by atoms with E-state index in [0.29, 0.717) is 5.56 Å². The number of carbonyl (C=O) groups excluding carboxylic acids is 1. The fraction of sp³-hybridized carbons (Fsp3) is 0.273. The summed E-state index contributed by atoms with van der Waals surface area (Å²) in [6, 6.07) is 8.58. The highest BCUT2D eigenvalue weighted by atomic mass is 16.5. The number of ether oxygens (including phenoxy) is 1. The highest BCUT2D eigenvalue weighted by molar-refractivity contribution is 5.93. The topological polar surface area (TPSA) is 63.6 Å². The van der Waals surface area contributed by atoms with Crippen molar-refractivity contribution in [2.45, 2.75) is 13.5 Å². The summed E-state index contributed by atoms with van der Waals surface area (Å²) in [6.45, 7) is -3.07. The van der Waals surface area contributed by atoms with Gasteiger partial charge < -0.3 is 9.84 Å². The summed E-state index contributed by atoms with van der Waals surface area (Å²) in [6.07, 6.45) is 0. The molecule has 1 aromatic carbocycles. The number of hydrogen-bond donors (Lipinski definition) is 1. The Hall–Kier alpha value is -1.84. The van der Waals surface area contributed by atoms with Crippen LogP contribution in [0, 0.1) is 5.92 Å². The maximum atomic E-state index is 11.4. The highest BCUT2D eigenvalue weighted by Gasteiger charge is 2.21. The number of carboxylic acid groups (broad SMARTS) is 1. The van der Waals surface area contributed by atoms with Gasteiger partial charge in [-0.3, -0.25) is 9.59 Å². The second kappa shape index (κ2) is 5.14. The molecule has 0 fully saturated rings. The molecule has 0 radical (unpaired) electrons. The molecule has 0 bridgehead atoms. The molecule has 1 rings (SSSR count). The van der Waals surface area contributed by atoms with Gasteiger partial charge in [-0.05, 0) is 12.4 Å². The van der Waals surface area contributed by atoms with Gasteiger partial charge in [0.15, 0.2) is 5.92 Å². The Labute approximate surface area is 91.7 Å². The van der Waals surface area contributed by atoms with Crippen molar-refractivity contribution in [2.24, 2.45) is 5.92 Å². The van der Waals surface area contributed by atoms with Crippen LogP contribution in [0.4, 0.5) is 0 Å². The summed E-state index contributed by atoms with van der Waals surface area (Å²) >= 11 is 0. The number of esters is 1. The summed E-state index contributed by atoms with van der Waals surface area (Å²) in [5, 5.41) is 8.72. The Morgan fingerprint density at radius 1 is 1.47 bits per heavy atom. The lowest BCUT2D eigenvalue weighted by Gasteiger charge is -2.07. The van der Waals surface area contributed by atoms with Crippen molar-refractivity contribution in [1.29, 1.82) is 0 Å². The molecule has 4 nitrogen and oxygen atoms in total. The summed E-state index contributed by atoms with van der Waals surface area (Å²) in [7, 11) is 0. The first-order valence-corrected chi connectivity index (χ1v) is 4.25. The molecule has 1 unspecified atom stereocenters. The Balaban J connectivity index is 2.67. The summed E-state index contributed by atoms with van der Waals surface area (Å²) < 4.78 is 25.7. The Bertz CT molecular complexity index is 428. The fourth-order valence-corrected chi connectivity index (χ4v) is 0.913. The van der Waals surface area contributed by atoms with E-state index in [2.05, 4.69) is 0 Å². The maximum absolute atomic E-state index is 11.4. The molecule has 0 amide bonds. The van der Waals surface area contributed by atoms with E-state index < -0.39 is 24.7 Å². The quantitative estimate of drug-likeness (QED) is 0.466. The van der Waals surface area contributed by atoms with Crippen LogP contribution in [0.3, 0.4) is 0 Å². The lowest BCUT2D eigenvalue weighted by Crippen LogP contribution is -2.22. The van der Waals surface area contributed by atoms with Gasteiger partial charge in [-0.1, -0.05) is 30.3 Å². The van der Waals surface area contributed by atoms with E-state index in [4.69, 9.17) is 14.0 Å². The second-order valence-corrected chi connectivity index (χ2v) is 2.86. The zero-order chi connectivity index (χ0) is 13.8. The van der Waals surface area contributed by atoms with Crippen molar-refractivity contribution < 1.29 is 23.5 Å². The molecule has 0 saturated heterocycles. The number of rotatable bonds is 4. The van der Waals surface area contributed by atoms with Crippen LogP contribution in [0.25, 0.3) is 0 Å². The van der Waals surface area contributed by atoms with Gasteiger partial charge in [0.1, 0.15) is 6.61 Å². The van der Waals surface area contributed by atoms with E-state index >= 15 is 0 Å². The number of carbonyl (C=O) groups is 2. The minimum Gasteiger partial charge on any atom is -0.481 e. The largest absolute Gasteiger partial charge is 0.481 e. The van der Waals surface area contributed by atoms with E-state index in [1.54, 1.807) is 30.3 Å². The molecule has 1 atom stereocenters. The molecular formula is C11H12O4. The number of benzene rings is 1. The van der Waals surface area contributed by atoms with Gasteiger partial charge in [-0.2, -0.15) is 0 Å². The maximum Gasteiger partial charge on any atom is 0.320 e. The first-order chi connectivity index (χ1) is 8.32. The second-order valence-electron chi connectivity index (χ2n) is 2.86. The molecule has 1 aromatic rings. The zero-order valence-corrected chi connectivity index (χ0v) is 7.84. The SMILES string of the molecule is [2H][13C]([2H])([2H])C(C(=O)O)C(=O)OCc1ccccc1. The van der Waals surface area contributed by atoms with Crippen molar-refractivity contribution in [2.75, 3.05) is 0 Å². The van der Waals surface area contributed by atoms with Crippen LogP contribution in [0.1, 0.15) is 16.5 Å². The highest BCUT2D eigenvalue weighted by Crippen LogP contribution is 2.04. The fourth-order valence-electron chi connectivity index (χ4n) is 0.913. The van der Waals surface area contributed by atoms with Crippen molar-refractivity contribution in [3.05, 3.63) is 35.9 Å². The molecule has 0 aliphatic heterocycles. The third-order valence-electron chi connectivity index (χ3n) is 1.71. The molecule has 0 heterocycles. The van der Waals surface area contributed by atoms with Gasteiger partial charge in [0.25, 0.3) is 0 Å². The molecule has 1 N–H and O–H groups in total.